The molecule has 4 aromatic rings. The van der Waals surface area contributed by atoms with Crippen LogP contribution in [0.25, 0.3) is 17.1 Å². The van der Waals surface area contributed by atoms with Gasteiger partial charge in [-0.2, -0.15) is 4.99 Å². The fourth-order valence-electron chi connectivity index (χ4n) is 5.21. The van der Waals surface area contributed by atoms with Gasteiger partial charge in [0.1, 0.15) is 12.1 Å². The molecule has 2 heterocycles. The van der Waals surface area contributed by atoms with Crippen molar-refractivity contribution in [3.05, 3.63) is 89.7 Å². The predicted molar refractivity (Wildman–Crippen MR) is 173 cm³/mol. The van der Waals surface area contributed by atoms with Gasteiger partial charge in [-0.25, -0.2) is 9.67 Å². The summed E-state index contributed by atoms with van der Waals surface area (Å²) in [7, 11) is 0. The van der Waals surface area contributed by atoms with Crippen LogP contribution in [0.5, 0.6) is 5.75 Å². The summed E-state index contributed by atoms with van der Waals surface area (Å²) in [5, 5.41) is 8.80. The number of aryl methyl sites for hydroxylation is 1. The lowest BCUT2D eigenvalue weighted by Gasteiger charge is -2.23. The Kier molecular flexibility index (Phi) is 8.16. The van der Waals surface area contributed by atoms with E-state index < -0.39 is 6.36 Å². The maximum absolute atomic E-state index is 13.0. The van der Waals surface area contributed by atoms with Crippen LogP contribution in [0, 0.1) is 6.92 Å². The highest BCUT2D eigenvalue weighted by Gasteiger charge is 2.45. The lowest BCUT2D eigenvalue weighted by molar-refractivity contribution is -0.274. The number of thiocarbonyl (C=S) groups is 1. The molecule has 3 aromatic carbocycles. The van der Waals surface area contributed by atoms with Crippen molar-refractivity contribution in [1.29, 1.82) is 0 Å². The summed E-state index contributed by atoms with van der Waals surface area (Å²) in [5.41, 5.74) is 5.01. The standard InChI is InChI=1S/C32H29F3N6O2S2/c1-19(2)25-13-4-20(3)16-26(25)41-27(42)17-45-30(41)37-29(44)38-31(14-15-31)22-7-5-21(6-8-22)28-36-18-40(39-28)23-9-11-24(12-10-23)43-32(33,34)35/h4-13,16,18-19H,14-15,17H2,1-3H3,(H,38,44). The van der Waals surface area contributed by atoms with Crippen LogP contribution in [-0.4, -0.2) is 43.1 Å². The van der Waals surface area contributed by atoms with Crippen molar-refractivity contribution in [2.75, 3.05) is 10.7 Å². The fraction of sp³-hybridized carbons (Fsp3) is 0.281. The van der Waals surface area contributed by atoms with Crippen molar-refractivity contribution in [2.45, 2.75) is 51.4 Å². The molecule has 0 spiro atoms. The van der Waals surface area contributed by atoms with Crippen LogP contribution in [0.4, 0.5) is 18.9 Å². The third kappa shape index (κ3) is 6.74. The number of rotatable bonds is 7. The zero-order chi connectivity index (χ0) is 31.9. The topological polar surface area (TPSA) is 84.6 Å². The van der Waals surface area contributed by atoms with Gasteiger partial charge in [0.25, 0.3) is 0 Å². The minimum absolute atomic E-state index is 0.0192. The number of aromatic nitrogens is 3. The Morgan fingerprint density at radius 1 is 1.09 bits per heavy atom. The molecule has 0 bridgehead atoms. The maximum atomic E-state index is 13.0. The molecule has 1 saturated carbocycles. The molecule has 0 unspecified atom stereocenters. The first-order valence-corrected chi connectivity index (χ1v) is 15.7. The molecule has 13 heteroatoms. The van der Waals surface area contributed by atoms with Gasteiger partial charge in [-0.3, -0.25) is 9.69 Å². The molecule has 1 amide bonds. The van der Waals surface area contributed by atoms with Crippen LogP contribution < -0.4 is 15.0 Å². The van der Waals surface area contributed by atoms with Crippen LogP contribution in [0.15, 0.2) is 78.0 Å². The van der Waals surface area contributed by atoms with Crippen LogP contribution in [0.3, 0.4) is 0 Å². The second kappa shape index (κ2) is 11.9. The molecular formula is C32H29F3N6O2S2. The van der Waals surface area contributed by atoms with Crippen LogP contribution >= 0.6 is 24.0 Å². The minimum Gasteiger partial charge on any atom is -0.406 e. The molecule has 1 aliphatic carbocycles. The van der Waals surface area contributed by atoms with E-state index in [4.69, 9.17) is 17.2 Å². The van der Waals surface area contributed by atoms with E-state index in [9.17, 15) is 18.0 Å². The summed E-state index contributed by atoms with van der Waals surface area (Å²) >= 11 is 7.06. The lowest BCUT2D eigenvalue weighted by Crippen LogP contribution is -2.35. The van der Waals surface area contributed by atoms with Gasteiger partial charge in [-0.15, -0.1) is 18.3 Å². The third-order valence-corrected chi connectivity index (χ3v) is 8.75. The van der Waals surface area contributed by atoms with E-state index in [2.05, 4.69) is 46.1 Å². The van der Waals surface area contributed by atoms with Gasteiger partial charge in [0.05, 0.1) is 22.7 Å². The number of amides is 1. The van der Waals surface area contributed by atoms with Gasteiger partial charge >= 0.3 is 6.36 Å². The van der Waals surface area contributed by atoms with Crippen LogP contribution in [0.1, 0.15) is 49.3 Å². The second-order valence-electron chi connectivity index (χ2n) is 11.3. The third-order valence-electron chi connectivity index (χ3n) is 7.63. The summed E-state index contributed by atoms with van der Waals surface area (Å²) in [5.74, 6) is 0.683. The van der Waals surface area contributed by atoms with Gasteiger partial charge in [-0.05, 0) is 84.9 Å². The van der Waals surface area contributed by atoms with E-state index in [-0.39, 0.29) is 23.1 Å². The SMILES string of the molecule is Cc1ccc(C(C)C)c(N2C(=O)CSC2=NC(=S)NC2(c3ccc(-c4ncn(-c5ccc(OC(F)(F)F)cc5)n4)cc3)CC2)c1. The number of anilines is 1. The number of amidine groups is 1. The molecule has 0 radical (unpaired) electrons. The van der Waals surface area contributed by atoms with E-state index in [0.717, 1.165) is 40.8 Å². The molecule has 1 N–H and O–H groups in total. The molecule has 1 aromatic heterocycles. The molecule has 45 heavy (non-hydrogen) atoms. The van der Waals surface area contributed by atoms with Crippen LogP contribution in [-0.2, 0) is 10.3 Å². The summed E-state index contributed by atoms with van der Waals surface area (Å²) in [6, 6.07) is 19.4. The second-order valence-corrected chi connectivity index (χ2v) is 12.6. The minimum atomic E-state index is -4.75. The Morgan fingerprint density at radius 2 is 1.80 bits per heavy atom. The van der Waals surface area contributed by atoms with E-state index in [1.807, 2.05) is 37.3 Å². The number of carbonyl (C=O) groups is 1. The largest absolute Gasteiger partial charge is 0.573 e. The first-order valence-electron chi connectivity index (χ1n) is 14.3. The summed E-state index contributed by atoms with van der Waals surface area (Å²) < 4.78 is 42.8. The number of aliphatic imine (C=N–C) groups is 1. The van der Waals surface area contributed by atoms with Gasteiger partial charge < -0.3 is 10.1 Å². The predicted octanol–water partition coefficient (Wildman–Crippen LogP) is 7.26. The fourth-order valence-corrected chi connectivity index (χ4v) is 6.41. The van der Waals surface area contributed by atoms with Gasteiger partial charge in [0, 0.05) is 5.56 Å². The van der Waals surface area contributed by atoms with Crippen LogP contribution in [0.2, 0.25) is 0 Å². The molecule has 2 aliphatic rings. The lowest BCUT2D eigenvalue weighted by atomic mass is 9.99. The number of nitrogens with zero attached hydrogens (tertiary/aromatic N) is 5. The Balaban J connectivity index is 1.15. The number of ether oxygens (including phenoxy) is 1. The van der Waals surface area contributed by atoms with E-state index >= 15 is 0 Å². The molecule has 2 fully saturated rings. The van der Waals surface area contributed by atoms with Crippen molar-refractivity contribution in [2.24, 2.45) is 4.99 Å². The zero-order valence-corrected chi connectivity index (χ0v) is 26.3. The monoisotopic (exact) mass is 650 g/mol. The molecule has 232 valence electrons. The highest BCUT2D eigenvalue weighted by Crippen LogP contribution is 2.46. The van der Waals surface area contributed by atoms with Crippen molar-refractivity contribution in [3.63, 3.8) is 0 Å². The number of thioether (sulfide) groups is 1. The van der Waals surface area contributed by atoms with Crippen molar-refractivity contribution in [3.8, 4) is 22.8 Å². The molecule has 1 saturated heterocycles. The molecule has 8 nitrogen and oxygen atoms in total. The number of benzene rings is 3. The number of carbonyl (C=O) groups excluding carboxylic acids is 1. The van der Waals surface area contributed by atoms with E-state index in [1.54, 1.807) is 4.90 Å². The molecular weight excluding hydrogens is 622 g/mol. The van der Waals surface area contributed by atoms with Gasteiger partial charge in [0.15, 0.2) is 16.1 Å². The number of nitrogens with one attached hydrogen (secondary N) is 1. The average molecular weight is 651 g/mol. The first kappa shape index (κ1) is 30.8. The Morgan fingerprint density at radius 3 is 2.44 bits per heavy atom. The van der Waals surface area contributed by atoms with Crippen molar-refractivity contribution < 1.29 is 22.7 Å². The number of halogens is 3. The normalized spacial score (nSPS) is 16.8. The smallest absolute Gasteiger partial charge is 0.406 e. The van der Waals surface area contributed by atoms with E-state index in [0.29, 0.717) is 27.5 Å². The Labute approximate surface area is 267 Å². The van der Waals surface area contributed by atoms with E-state index in [1.165, 1.54) is 47.0 Å². The number of alkyl halides is 3. The highest BCUT2D eigenvalue weighted by molar-refractivity contribution is 8.15. The molecule has 0 atom stereocenters. The quantitative estimate of drug-likeness (QED) is 0.211. The van der Waals surface area contributed by atoms with Crippen molar-refractivity contribution >= 4 is 45.9 Å². The summed E-state index contributed by atoms with van der Waals surface area (Å²) in [4.78, 5) is 23.7. The molecule has 1 aliphatic heterocycles. The summed E-state index contributed by atoms with van der Waals surface area (Å²) in [6.45, 7) is 6.22. The first-order chi connectivity index (χ1) is 21.4. The maximum Gasteiger partial charge on any atom is 0.573 e. The average Bonchev–Trinajstić information content (AvgIpc) is 3.42. The number of hydrogen-bond acceptors (Lipinski definition) is 6. The van der Waals surface area contributed by atoms with Crippen molar-refractivity contribution in [1.82, 2.24) is 20.1 Å². The Bertz CT molecular complexity index is 1780. The zero-order valence-electron chi connectivity index (χ0n) is 24.6. The Hall–Kier alpha value is -4.23. The van der Waals surface area contributed by atoms with Gasteiger partial charge in [-0.1, -0.05) is 62.0 Å². The van der Waals surface area contributed by atoms with Gasteiger partial charge in [0.2, 0.25) is 5.91 Å². The molecule has 6 rings (SSSR count). The summed E-state index contributed by atoms with van der Waals surface area (Å²) in [6.07, 6.45) is -1.50. The number of hydrogen-bond donors (Lipinski definition) is 1. The highest BCUT2D eigenvalue weighted by atomic mass is 32.2.